The molecule has 0 radical (unpaired) electrons. The monoisotopic (exact) mass is 497 g/mol. The van der Waals surface area contributed by atoms with E-state index >= 15 is 0 Å². The van der Waals surface area contributed by atoms with E-state index in [0.29, 0.717) is 5.02 Å². The zero-order valence-corrected chi connectivity index (χ0v) is 20.9. The van der Waals surface area contributed by atoms with Gasteiger partial charge in [0, 0.05) is 22.7 Å². The Balaban J connectivity index is 2.41. The Morgan fingerprint density at radius 1 is 1.09 bits per heavy atom. The predicted molar refractivity (Wildman–Crippen MR) is 128 cm³/mol. The molecule has 10 heteroatoms. The van der Waals surface area contributed by atoms with Crippen molar-refractivity contribution in [3.63, 3.8) is 0 Å². The SMILES string of the molecule is C[C@@H](C(=O)NC(C)(C)C)N(Cc1ccccc1F)C(=O)CN(c1ccc(Cl)cc1)S(C)(=O)=O. The molecular formula is C23H29ClFN3O4S. The summed E-state index contributed by atoms with van der Waals surface area (Å²) >= 11 is 5.90. The first kappa shape index (κ1) is 26.6. The first-order valence-corrected chi connectivity index (χ1v) is 12.5. The molecule has 0 saturated carbocycles. The highest BCUT2D eigenvalue weighted by Gasteiger charge is 2.31. The number of halogens is 2. The summed E-state index contributed by atoms with van der Waals surface area (Å²) in [7, 11) is -3.85. The highest BCUT2D eigenvalue weighted by Crippen LogP contribution is 2.22. The van der Waals surface area contributed by atoms with E-state index in [0.717, 1.165) is 10.6 Å². The van der Waals surface area contributed by atoms with Gasteiger partial charge in [0.1, 0.15) is 18.4 Å². The molecule has 1 atom stereocenters. The second-order valence-corrected chi connectivity index (χ2v) is 11.1. The summed E-state index contributed by atoms with van der Waals surface area (Å²) in [5, 5.41) is 3.21. The van der Waals surface area contributed by atoms with Crippen LogP contribution in [0, 0.1) is 5.82 Å². The van der Waals surface area contributed by atoms with Gasteiger partial charge in [0.05, 0.1) is 11.9 Å². The Morgan fingerprint density at radius 3 is 2.18 bits per heavy atom. The molecule has 180 valence electrons. The molecule has 0 aliphatic carbocycles. The molecule has 0 aromatic heterocycles. The number of hydrogen-bond acceptors (Lipinski definition) is 4. The van der Waals surface area contributed by atoms with Gasteiger partial charge in [0.2, 0.25) is 21.8 Å². The van der Waals surface area contributed by atoms with E-state index in [1.54, 1.807) is 26.8 Å². The number of rotatable bonds is 8. The summed E-state index contributed by atoms with van der Waals surface area (Å²) < 4.78 is 40.2. The Kier molecular flexibility index (Phi) is 8.48. The Hall–Kier alpha value is -2.65. The van der Waals surface area contributed by atoms with E-state index in [4.69, 9.17) is 11.6 Å². The average molecular weight is 498 g/mol. The fraction of sp³-hybridized carbons (Fsp3) is 0.391. The molecule has 0 aliphatic rings. The minimum Gasteiger partial charge on any atom is -0.350 e. The Labute approximate surface area is 199 Å². The highest BCUT2D eigenvalue weighted by atomic mass is 35.5. The number of amides is 2. The van der Waals surface area contributed by atoms with Gasteiger partial charge in [0.15, 0.2) is 0 Å². The van der Waals surface area contributed by atoms with Crippen LogP contribution in [0.15, 0.2) is 48.5 Å². The molecular weight excluding hydrogens is 469 g/mol. The molecule has 0 saturated heterocycles. The van der Waals surface area contributed by atoms with Gasteiger partial charge in [0.25, 0.3) is 0 Å². The van der Waals surface area contributed by atoms with Gasteiger partial charge in [-0.05, 0) is 58.0 Å². The van der Waals surface area contributed by atoms with Crippen LogP contribution in [0.3, 0.4) is 0 Å². The van der Waals surface area contributed by atoms with Crippen LogP contribution in [0.25, 0.3) is 0 Å². The van der Waals surface area contributed by atoms with Crippen LogP contribution in [0.2, 0.25) is 5.02 Å². The molecule has 0 aliphatic heterocycles. The van der Waals surface area contributed by atoms with Crippen LogP contribution in [-0.4, -0.2) is 49.5 Å². The fourth-order valence-corrected chi connectivity index (χ4v) is 4.06. The third kappa shape index (κ3) is 7.71. The largest absolute Gasteiger partial charge is 0.350 e. The number of sulfonamides is 1. The average Bonchev–Trinajstić information content (AvgIpc) is 2.69. The van der Waals surface area contributed by atoms with Crippen LogP contribution in [0.4, 0.5) is 10.1 Å². The van der Waals surface area contributed by atoms with Crippen molar-refractivity contribution in [2.75, 3.05) is 17.1 Å². The lowest BCUT2D eigenvalue weighted by Crippen LogP contribution is -2.54. The molecule has 1 N–H and O–H groups in total. The Bertz CT molecular complexity index is 1100. The number of carbonyl (C=O) groups is 2. The molecule has 2 amide bonds. The lowest BCUT2D eigenvalue weighted by Gasteiger charge is -2.33. The van der Waals surface area contributed by atoms with Crippen molar-refractivity contribution in [2.45, 2.75) is 45.8 Å². The summed E-state index contributed by atoms with van der Waals surface area (Å²) in [5.41, 5.74) is -0.105. The summed E-state index contributed by atoms with van der Waals surface area (Å²) in [6.45, 7) is 6.14. The third-order valence-electron chi connectivity index (χ3n) is 4.76. The summed E-state index contributed by atoms with van der Waals surface area (Å²) in [6, 6.07) is 10.9. The molecule has 0 spiro atoms. The lowest BCUT2D eigenvalue weighted by atomic mass is 10.1. The molecule has 7 nitrogen and oxygen atoms in total. The second-order valence-electron chi connectivity index (χ2n) is 8.77. The third-order valence-corrected chi connectivity index (χ3v) is 6.15. The van der Waals surface area contributed by atoms with Crippen molar-refractivity contribution in [2.24, 2.45) is 0 Å². The van der Waals surface area contributed by atoms with Gasteiger partial charge in [-0.2, -0.15) is 0 Å². The summed E-state index contributed by atoms with van der Waals surface area (Å²) in [4.78, 5) is 27.4. The van der Waals surface area contributed by atoms with E-state index in [1.165, 1.54) is 54.3 Å². The van der Waals surface area contributed by atoms with Crippen LogP contribution >= 0.6 is 11.6 Å². The maximum absolute atomic E-state index is 14.3. The van der Waals surface area contributed by atoms with E-state index < -0.39 is 45.8 Å². The molecule has 33 heavy (non-hydrogen) atoms. The van der Waals surface area contributed by atoms with E-state index in [2.05, 4.69) is 5.32 Å². The first-order valence-electron chi connectivity index (χ1n) is 10.3. The summed E-state index contributed by atoms with van der Waals surface area (Å²) in [5.74, 6) is -1.63. The lowest BCUT2D eigenvalue weighted by molar-refractivity contribution is -0.140. The van der Waals surface area contributed by atoms with Crippen molar-refractivity contribution in [3.05, 3.63) is 64.9 Å². The standard InChI is InChI=1S/C23H29ClFN3O4S/c1-16(22(30)26-23(2,3)4)27(14-17-8-6-7-9-20(17)25)21(29)15-28(33(5,31)32)19-12-10-18(24)11-13-19/h6-13,16H,14-15H2,1-5H3,(H,26,30)/t16-/m0/s1. The van der Waals surface area contributed by atoms with Crippen LogP contribution in [0.5, 0.6) is 0 Å². The quantitative estimate of drug-likeness (QED) is 0.604. The fourth-order valence-electron chi connectivity index (χ4n) is 3.09. The van der Waals surface area contributed by atoms with Gasteiger partial charge in [-0.1, -0.05) is 29.8 Å². The highest BCUT2D eigenvalue weighted by molar-refractivity contribution is 7.92. The maximum atomic E-state index is 14.3. The minimum atomic E-state index is -3.85. The molecule has 0 unspecified atom stereocenters. The zero-order valence-electron chi connectivity index (χ0n) is 19.3. The number of benzene rings is 2. The van der Waals surface area contributed by atoms with Gasteiger partial charge in [-0.25, -0.2) is 12.8 Å². The van der Waals surface area contributed by atoms with E-state index in [-0.39, 0.29) is 17.8 Å². The van der Waals surface area contributed by atoms with Crippen molar-refractivity contribution in [3.8, 4) is 0 Å². The molecule has 0 fully saturated rings. The normalized spacial score (nSPS) is 12.7. The molecule has 2 aromatic carbocycles. The first-order chi connectivity index (χ1) is 15.2. The van der Waals surface area contributed by atoms with Gasteiger partial charge in [-0.15, -0.1) is 0 Å². The number of carbonyl (C=O) groups excluding carboxylic acids is 2. The van der Waals surface area contributed by atoms with Crippen molar-refractivity contribution in [1.82, 2.24) is 10.2 Å². The maximum Gasteiger partial charge on any atom is 0.244 e. The van der Waals surface area contributed by atoms with E-state index in [9.17, 15) is 22.4 Å². The van der Waals surface area contributed by atoms with E-state index in [1.807, 2.05) is 0 Å². The van der Waals surface area contributed by atoms with Gasteiger partial charge >= 0.3 is 0 Å². The zero-order chi connectivity index (χ0) is 25.0. The number of hydrogen-bond donors (Lipinski definition) is 1. The van der Waals surface area contributed by atoms with Gasteiger partial charge < -0.3 is 10.2 Å². The van der Waals surface area contributed by atoms with Gasteiger partial charge in [-0.3, -0.25) is 13.9 Å². The minimum absolute atomic E-state index is 0.206. The van der Waals surface area contributed by atoms with Crippen LogP contribution in [-0.2, 0) is 26.2 Å². The Morgan fingerprint density at radius 2 is 1.67 bits per heavy atom. The topological polar surface area (TPSA) is 86.8 Å². The molecule has 0 bridgehead atoms. The predicted octanol–water partition coefficient (Wildman–Crippen LogP) is 3.58. The van der Waals surface area contributed by atoms with Crippen molar-refractivity contribution >= 4 is 39.1 Å². The smallest absolute Gasteiger partial charge is 0.244 e. The summed E-state index contributed by atoms with van der Waals surface area (Å²) in [6.07, 6.45) is 0.978. The second kappa shape index (κ2) is 10.5. The molecule has 2 aromatic rings. The van der Waals surface area contributed by atoms with Crippen molar-refractivity contribution in [1.29, 1.82) is 0 Å². The number of nitrogens with zero attached hydrogens (tertiary/aromatic N) is 2. The van der Waals surface area contributed by atoms with Crippen LogP contribution < -0.4 is 9.62 Å². The van der Waals surface area contributed by atoms with Crippen LogP contribution in [0.1, 0.15) is 33.3 Å². The molecule has 0 heterocycles. The number of nitrogens with one attached hydrogen (secondary N) is 1. The number of anilines is 1. The molecule has 2 rings (SSSR count). The van der Waals surface area contributed by atoms with Crippen molar-refractivity contribution < 1.29 is 22.4 Å².